The summed E-state index contributed by atoms with van der Waals surface area (Å²) >= 11 is 0. The van der Waals surface area contributed by atoms with Crippen molar-refractivity contribution in [2.75, 3.05) is 43.5 Å². The molecule has 1 unspecified atom stereocenters. The molecule has 6 nitrogen and oxygen atoms in total. The fraction of sp³-hybridized carbons (Fsp3) is 0.333. The fourth-order valence-electron chi connectivity index (χ4n) is 3.40. The van der Waals surface area contributed by atoms with Crippen molar-refractivity contribution in [1.29, 1.82) is 0 Å². The molecule has 1 N–H and O–H groups in total. The van der Waals surface area contributed by atoms with Crippen molar-refractivity contribution in [2.45, 2.75) is 13.0 Å². The third-order valence-corrected chi connectivity index (χ3v) is 4.91. The van der Waals surface area contributed by atoms with Gasteiger partial charge in [0.05, 0.1) is 19.2 Å². The second-order valence-electron chi connectivity index (χ2n) is 7.01. The van der Waals surface area contributed by atoms with Crippen LogP contribution in [0.2, 0.25) is 0 Å². The lowest BCUT2D eigenvalue weighted by Crippen LogP contribution is -2.53. The van der Waals surface area contributed by atoms with Crippen molar-refractivity contribution in [3.05, 3.63) is 59.7 Å². The molecule has 8 heteroatoms. The van der Waals surface area contributed by atoms with Crippen LogP contribution in [0.1, 0.15) is 17.3 Å². The Hall–Kier alpha value is -3.00. The summed E-state index contributed by atoms with van der Waals surface area (Å²) in [6, 6.07) is 10.2. The molecule has 1 fully saturated rings. The van der Waals surface area contributed by atoms with Gasteiger partial charge in [0.1, 0.15) is 11.6 Å². The van der Waals surface area contributed by atoms with E-state index in [4.69, 9.17) is 4.74 Å². The van der Waals surface area contributed by atoms with Crippen LogP contribution < -0.4 is 10.2 Å². The van der Waals surface area contributed by atoms with Gasteiger partial charge in [0, 0.05) is 43.1 Å². The van der Waals surface area contributed by atoms with Crippen LogP contribution >= 0.6 is 0 Å². The number of carbonyl (C=O) groups excluding carboxylic acids is 2. The summed E-state index contributed by atoms with van der Waals surface area (Å²) in [4.78, 5) is 28.0. The number of carbonyl (C=O) groups is 2. The highest BCUT2D eigenvalue weighted by Crippen LogP contribution is 2.20. The number of esters is 1. The number of nitrogens with zero attached hydrogens (tertiary/aromatic N) is 2. The Bertz CT molecular complexity index is 869. The minimum atomic E-state index is -0.736. The Morgan fingerprint density at radius 3 is 2.34 bits per heavy atom. The first-order valence-corrected chi connectivity index (χ1v) is 9.29. The van der Waals surface area contributed by atoms with E-state index in [0.717, 1.165) is 23.9 Å². The molecule has 29 heavy (non-hydrogen) atoms. The van der Waals surface area contributed by atoms with Crippen LogP contribution in [0.15, 0.2) is 42.5 Å². The van der Waals surface area contributed by atoms with E-state index in [1.165, 1.54) is 7.11 Å². The number of methoxy groups -OCH3 is 1. The van der Waals surface area contributed by atoms with E-state index in [2.05, 4.69) is 10.2 Å². The van der Waals surface area contributed by atoms with Crippen LogP contribution in [-0.2, 0) is 9.53 Å². The van der Waals surface area contributed by atoms with Gasteiger partial charge in [-0.3, -0.25) is 9.69 Å². The third kappa shape index (κ3) is 5.29. The lowest BCUT2D eigenvalue weighted by molar-refractivity contribution is -0.117. The number of halogens is 2. The van der Waals surface area contributed by atoms with Gasteiger partial charge in [-0.15, -0.1) is 0 Å². The van der Waals surface area contributed by atoms with Crippen LogP contribution in [-0.4, -0.2) is 56.1 Å². The molecule has 154 valence electrons. The molecule has 1 amide bonds. The SMILES string of the molecule is COC(=O)c1ccc(N2CCN(CC(=O)Nc3cc(F)cc(F)c3)C(C)C2)cc1. The van der Waals surface area contributed by atoms with Gasteiger partial charge in [0.2, 0.25) is 5.91 Å². The molecule has 2 aromatic carbocycles. The molecule has 1 atom stereocenters. The van der Waals surface area contributed by atoms with E-state index in [-0.39, 0.29) is 30.2 Å². The maximum absolute atomic E-state index is 13.3. The number of ether oxygens (including phenoxy) is 1. The van der Waals surface area contributed by atoms with Crippen molar-refractivity contribution in [3.8, 4) is 0 Å². The topological polar surface area (TPSA) is 61.9 Å². The second-order valence-corrected chi connectivity index (χ2v) is 7.01. The van der Waals surface area contributed by atoms with Gasteiger partial charge in [0.25, 0.3) is 0 Å². The Kier molecular flexibility index (Phi) is 6.43. The van der Waals surface area contributed by atoms with Crippen molar-refractivity contribution in [1.82, 2.24) is 4.90 Å². The van der Waals surface area contributed by atoms with Crippen molar-refractivity contribution < 1.29 is 23.1 Å². The highest BCUT2D eigenvalue weighted by molar-refractivity contribution is 5.92. The Morgan fingerprint density at radius 2 is 1.76 bits per heavy atom. The molecular weight excluding hydrogens is 380 g/mol. The maximum atomic E-state index is 13.3. The number of anilines is 2. The lowest BCUT2D eigenvalue weighted by Gasteiger charge is -2.40. The van der Waals surface area contributed by atoms with Gasteiger partial charge < -0.3 is 15.0 Å². The zero-order valence-corrected chi connectivity index (χ0v) is 16.3. The summed E-state index contributed by atoms with van der Waals surface area (Å²) in [7, 11) is 1.35. The van der Waals surface area contributed by atoms with Crippen LogP contribution in [0.3, 0.4) is 0 Å². The monoisotopic (exact) mass is 403 g/mol. The molecule has 0 bridgehead atoms. The summed E-state index contributed by atoms with van der Waals surface area (Å²) in [6.45, 7) is 4.23. The van der Waals surface area contributed by atoms with Gasteiger partial charge in [-0.05, 0) is 43.3 Å². The van der Waals surface area contributed by atoms with Gasteiger partial charge >= 0.3 is 5.97 Å². The summed E-state index contributed by atoms with van der Waals surface area (Å²) in [6.07, 6.45) is 0. The number of benzene rings is 2. The molecule has 1 saturated heterocycles. The lowest BCUT2D eigenvalue weighted by atomic mass is 10.1. The quantitative estimate of drug-likeness (QED) is 0.778. The largest absolute Gasteiger partial charge is 0.465 e. The van der Waals surface area contributed by atoms with Gasteiger partial charge in [0.15, 0.2) is 0 Å². The molecule has 0 aliphatic carbocycles. The molecule has 2 aromatic rings. The number of amides is 1. The van der Waals surface area contributed by atoms with Crippen molar-refractivity contribution >= 4 is 23.3 Å². The number of hydrogen-bond acceptors (Lipinski definition) is 5. The molecule has 0 saturated carbocycles. The average molecular weight is 403 g/mol. The van der Waals surface area contributed by atoms with Gasteiger partial charge in [-0.25, -0.2) is 13.6 Å². The molecule has 1 heterocycles. The minimum Gasteiger partial charge on any atom is -0.465 e. The standard InChI is InChI=1S/C21H23F2N3O3/c1-14-12-26(19-5-3-15(4-6-19)21(28)29-2)8-7-25(14)13-20(27)24-18-10-16(22)9-17(23)11-18/h3-6,9-11,14H,7-8,12-13H2,1-2H3,(H,24,27). The van der Waals surface area contributed by atoms with E-state index in [0.29, 0.717) is 25.2 Å². The zero-order valence-electron chi connectivity index (χ0n) is 16.3. The predicted octanol–water partition coefficient (Wildman–Crippen LogP) is 2.90. The average Bonchev–Trinajstić information content (AvgIpc) is 2.68. The second kappa shape index (κ2) is 9.00. The summed E-state index contributed by atoms with van der Waals surface area (Å²) in [5, 5.41) is 2.54. The van der Waals surface area contributed by atoms with Crippen LogP contribution in [0.25, 0.3) is 0 Å². The Balaban J connectivity index is 1.55. The van der Waals surface area contributed by atoms with E-state index < -0.39 is 11.6 Å². The number of piperazine rings is 1. The minimum absolute atomic E-state index is 0.0963. The van der Waals surface area contributed by atoms with Crippen LogP contribution in [0.5, 0.6) is 0 Å². The normalized spacial score (nSPS) is 17.1. The van der Waals surface area contributed by atoms with Gasteiger partial charge in [-0.1, -0.05) is 0 Å². The zero-order chi connectivity index (χ0) is 21.0. The summed E-state index contributed by atoms with van der Waals surface area (Å²) < 4.78 is 31.2. The molecule has 0 spiro atoms. The van der Waals surface area contributed by atoms with Crippen molar-refractivity contribution in [3.63, 3.8) is 0 Å². The van der Waals surface area contributed by atoms with Crippen molar-refractivity contribution in [2.24, 2.45) is 0 Å². The fourth-order valence-corrected chi connectivity index (χ4v) is 3.40. The van der Waals surface area contributed by atoms with Crippen LogP contribution in [0.4, 0.5) is 20.2 Å². The summed E-state index contributed by atoms with van der Waals surface area (Å²) in [5.41, 5.74) is 1.58. The molecule has 0 radical (unpaired) electrons. The van der Waals surface area contributed by atoms with Gasteiger partial charge in [-0.2, -0.15) is 0 Å². The Labute approximate surface area is 168 Å². The highest BCUT2D eigenvalue weighted by Gasteiger charge is 2.25. The third-order valence-electron chi connectivity index (χ3n) is 4.91. The molecular formula is C21H23F2N3O3. The highest BCUT2D eigenvalue weighted by atomic mass is 19.1. The first kappa shape index (κ1) is 20.7. The van der Waals surface area contributed by atoms with E-state index in [9.17, 15) is 18.4 Å². The molecule has 3 rings (SSSR count). The summed E-state index contributed by atoms with van der Waals surface area (Å²) in [5.74, 6) is -2.17. The smallest absolute Gasteiger partial charge is 0.337 e. The van der Waals surface area contributed by atoms with E-state index in [1.54, 1.807) is 12.1 Å². The molecule has 0 aromatic heterocycles. The number of rotatable bonds is 5. The number of hydrogen-bond donors (Lipinski definition) is 1. The van der Waals surface area contributed by atoms with Crippen LogP contribution in [0, 0.1) is 11.6 Å². The maximum Gasteiger partial charge on any atom is 0.337 e. The first-order valence-electron chi connectivity index (χ1n) is 9.29. The van der Waals surface area contributed by atoms with E-state index in [1.807, 2.05) is 24.0 Å². The Morgan fingerprint density at radius 1 is 1.10 bits per heavy atom. The van der Waals surface area contributed by atoms with E-state index >= 15 is 0 Å². The number of nitrogens with one attached hydrogen (secondary N) is 1. The first-order chi connectivity index (χ1) is 13.9. The predicted molar refractivity (Wildman–Crippen MR) is 106 cm³/mol. The molecule has 1 aliphatic heterocycles. The molecule has 1 aliphatic rings.